The molecule has 61 heavy (non-hydrogen) atoms. The molecule has 5 fully saturated rings. The topological polar surface area (TPSA) is 184 Å². The van der Waals surface area contributed by atoms with E-state index in [1.165, 1.54) is 23.2 Å². The monoisotopic (exact) mass is 839 g/mol. The highest BCUT2D eigenvalue weighted by Gasteiger charge is 2.40. The van der Waals surface area contributed by atoms with Crippen LogP contribution < -0.4 is 20.9 Å². The van der Waals surface area contributed by atoms with Crippen molar-refractivity contribution in [1.29, 1.82) is 0 Å². The van der Waals surface area contributed by atoms with Crippen LogP contribution in [-0.4, -0.2) is 122 Å². The van der Waals surface area contributed by atoms with Gasteiger partial charge < -0.3 is 29.6 Å². The number of para-hydroxylation sites is 1. The van der Waals surface area contributed by atoms with E-state index in [-0.39, 0.29) is 60.1 Å². The van der Waals surface area contributed by atoms with Crippen molar-refractivity contribution >= 4 is 57.4 Å². The second kappa shape index (κ2) is 16.2. The second-order valence-corrected chi connectivity index (χ2v) is 16.9. The number of hydrogen-bond acceptors (Lipinski definition) is 12. The maximum absolute atomic E-state index is 14.3. The first-order valence-electron chi connectivity index (χ1n) is 21.1. The lowest BCUT2D eigenvalue weighted by molar-refractivity contribution is -0.134. The first kappa shape index (κ1) is 39.4. The van der Waals surface area contributed by atoms with E-state index in [1.807, 2.05) is 18.2 Å². The number of ether oxygens (including phenoxy) is 1. The van der Waals surface area contributed by atoms with Crippen molar-refractivity contribution < 1.29 is 37.1 Å². The van der Waals surface area contributed by atoms with Gasteiger partial charge in [0.05, 0.1) is 61.1 Å². The first-order valence-corrected chi connectivity index (χ1v) is 21.1. The zero-order chi connectivity index (χ0) is 41.8. The summed E-state index contributed by atoms with van der Waals surface area (Å²) in [6.45, 7) is 5.67. The number of hydrogen-bond donors (Lipinski definition) is 3. The van der Waals surface area contributed by atoms with Crippen molar-refractivity contribution in [3.63, 3.8) is 0 Å². The number of piperazine rings is 1. The molecule has 1 aliphatic carbocycles. The third-order valence-electron chi connectivity index (χ3n) is 13.1. The number of fused-ring (bicyclic) bond motifs is 4. The van der Waals surface area contributed by atoms with Gasteiger partial charge in [0.1, 0.15) is 11.4 Å². The molecule has 4 amide bonds. The van der Waals surface area contributed by atoms with E-state index >= 15 is 0 Å². The Morgan fingerprint density at radius 2 is 1.79 bits per heavy atom. The maximum Gasteiger partial charge on any atom is 0.284 e. The minimum absolute atomic E-state index is 0.0184. The number of carbonyl (C=O) groups is 4. The van der Waals surface area contributed by atoms with Gasteiger partial charge in [-0.2, -0.15) is 10.2 Å². The summed E-state index contributed by atoms with van der Waals surface area (Å²) >= 11 is 0. The molecule has 4 aliphatic heterocycles. The molecule has 4 saturated heterocycles. The third kappa shape index (κ3) is 7.85. The minimum Gasteiger partial charge on any atom is -0.462 e. The van der Waals surface area contributed by atoms with Crippen LogP contribution in [0.4, 0.5) is 26.0 Å². The van der Waals surface area contributed by atoms with Crippen molar-refractivity contribution in [2.45, 2.75) is 75.5 Å². The number of anilines is 3. The van der Waals surface area contributed by atoms with E-state index < -0.39 is 23.9 Å². The third-order valence-corrected chi connectivity index (χ3v) is 13.1. The Bertz CT molecular complexity index is 2490. The predicted molar refractivity (Wildman–Crippen MR) is 217 cm³/mol. The standard InChI is InChI=1S/C42H47F2N11O6/c43-39(44)37-33(47-42(59)30-17-45-54-11-10-34(48-40(30)54)53-19-27-16-26(53)22-60-27)20-55(50-37)25-6-4-24(5-7-25)18-51-12-14-52(15-13-51)21-36(57)46-32-3-1-2-28-31(23-61-38(28)32)29-8-9-35(56)49-41(29)58/h1-3,10-11,17,20,23-27,29,39H,4-9,12-16,18-19,21-22H2,(H,46,57)(H,47,59)(H,49,56,58)/t24?,25?,26-,27-,29+/m1/s1. The molecular weight excluding hydrogens is 793 g/mol. The van der Waals surface area contributed by atoms with Crippen molar-refractivity contribution in [1.82, 2.24) is 39.5 Å². The quantitative estimate of drug-likeness (QED) is 0.160. The Morgan fingerprint density at radius 1 is 0.967 bits per heavy atom. The van der Waals surface area contributed by atoms with Gasteiger partial charge in [0, 0.05) is 69.0 Å². The summed E-state index contributed by atoms with van der Waals surface area (Å²) in [5.74, 6) is -0.666. The number of benzene rings is 1. The molecule has 19 heteroatoms. The van der Waals surface area contributed by atoms with Gasteiger partial charge in [-0.1, -0.05) is 12.1 Å². The van der Waals surface area contributed by atoms with Crippen molar-refractivity contribution in [2.24, 2.45) is 5.92 Å². The number of carbonyl (C=O) groups excluding carboxylic acids is 4. The molecule has 5 aliphatic rings. The van der Waals surface area contributed by atoms with Gasteiger partial charge in [0.15, 0.2) is 16.9 Å². The Morgan fingerprint density at radius 3 is 2.54 bits per heavy atom. The SMILES string of the molecule is O=C1CC[C@@H](c2coc3c(NC(=O)CN4CCN(CC5CCC(n6cc(NC(=O)c7cnn8ccc(N9C[C@H]%10C[C@@H]9CO%10)nc78)c(C(F)F)n6)CC5)CC4)cccc23)C(=O)N1. The highest BCUT2D eigenvalue weighted by atomic mass is 19.3. The summed E-state index contributed by atoms with van der Waals surface area (Å²) in [5, 5.41) is 17.4. The van der Waals surface area contributed by atoms with E-state index in [1.54, 1.807) is 16.9 Å². The molecule has 3 atom stereocenters. The van der Waals surface area contributed by atoms with Crippen LogP contribution in [0.3, 0.4) is 0 Å². The zero-order valence-electron chi connectivity index (χ0n) is 33.5. The molecule has 4 aromatic heterocycles. The number of morpholine rings is 1. The first-order chi connectivity index (χ1) is 29.6. The zero-order valence-corrected chi connectivity index (χ0v) is 33.5. The van der Waals surface area contributed by atoms with Crippen molar-refractivity contribution in [2.75, 3.05) is 68.0 Å². The smallest absolute Gasteiger partial charge is 0.284 e. The summed E-state index contributed by atoms with van der Waals surface area (Å²) in [6, 6.07) is 7.47. The molecule has 5 aromatic rings. The van der Waals surface area contributed by atoms with Crippen molar-refractivity contribution in [3.8, 4) is 0 Å². The van der Waals surface area contributed by atoms with Crippen LogP contribution in [0.2, 0.25) is 0 Å². The Kier molecular flexibility index (Phi) is 10.5. The number of nitrogens with zero attached hydrogens (tertiary/aromatic N) is 8. The number of imide groups is 1. The lowest BCUT2D eigenvalue weighted by atomic mass is 9.85. The minimum atomic E-state index is -2.87. The molecule has 0 unspecified atom stereocenters. The number of furan rings is 1. The number of alkyl halides is 2. The highest BCUT2D eigenvalue weighted by Crippen LogP contribution is 2.38. The molecule has 3 N–H and O–H groups in total. The van der Waals surface area contributed by atoms with Crippen LogP contribution in [0.25, 0.3) is 16.6 Å². The molecule has 0 radical (unpaired) electrons. The summed E-state index contributed by atoms with van der Waals surface area (Å²) in [5.41, 5.74) is 1.78. The Hall–Kier alpha value is -5.79. The number of amides is 4. The van der Waals surface area contributed by atoms with Crippen LogP contribution in [0, 0.1) is 5.92 Å². The average Bonchev–Trinajstić information content (AvgIpc) is 4.11. The molecule has 2 bridgehead atoms. The lowest BCUT2D eigenvalue weighted by Crippen LogP contribution is -2.49. The molecule has 17 nitrogen and oxygen atoms in total. The maximum atomic E-state index is 14.3. The molecule has 1 saturated carbocycles. The van der Waals surface area contributed by atoms with Gasteiger partial charge in [-0.25, -0.2) is 18.3 Å². The summed E-state index contributed by atoms with van der Waals surface area (Å²) in [7, 11) is 0. The van der Waals surface area contributed by atoms with E-state index in [0.717, 1.165) is 82.6 Å². The highest BCUT2D eigenvalue weighted by molar-refractivity contribution is 6.08. The predicted octanol–water partition coefficient (Wildman–Crippen LogP) is 4.35. The number of nitrogens with one attached hydrogen (secondary N) is 3. The number of rotatable bonds is 11. The van der Waals surface area contributed by atoms with E-state index in [4.69, 9.17) is 14.1 Å². The Balaban J connectivity index is 0.699. The lowest BCUT2D eigenvalue weighted by Gasteiger charge is -2.38. The molecular formula is C42H47F2N11O6. The van der Waals surface area contributed by atoms with Gasteiger partial charge in [-0.3, -0.25) is 34.1 Å². The number of halogens is 2. The molecule has 10 rings (SSSR count). The van der Waals surface area contributed by atoms with Crippen molar-refractivity contribution in [3.05, 3.63) is 65.9 Å². The summed E-state index contributed by atoms with van der Waals surface area (Å²) in [4.78, 5) is 62.3. The molecule has 1 aromatic carbocycles. The van der Waals surface area contributed by atoms with E-state index in [0.29, 0.717) is 41.4 Å². The van der Waals surface area contributed by atoms with E-state index in [9.17, 15) is 28.0 Å². The van der Waals surface area contributed by atoms with Gasteiger partial charge in [-0.05, 0) is 56.6 Å². The fraction of sp³-hybridized carbons (Fsp3) is 0.500. The fourth-order valence-corrected chi connectivity index (χ4v) is 9.82. The van der Waals surface area contributed by atoms with Gasteiger partial charge >= 0.3 is 0 Å². The van der Waals surface area contributed by atoms with Gasteiger partial charge in [0.2, 0.25) is 17.7 Å². The summed E-state index contributed by atoms with van der Waals surface area (Å²) in [6.07, 6.45) is 8.54. The van der Waals surface area contributed by atoms with Gasteiger partial charge in [0.25, 0.3) is 12.3 Å². The second-order valence-electron chi connectivity index (χ2n) is 16.9. The normalized spacial score (nSPS) is 24.9. The van der Waals surface area contributed by atoms with Crippen LogP contribution >= 0.6 is 0 Å². The van der Waals surface area contributed by atoms with Crippen LogP contribution in [0.5, 0.6) is 0 Å². The van der Waals surface area contributed by atoms with Gasteiger partial charge in [-0.15, -0.1) is 0 Å². The average molecular weight is 840 g/mol. The molecule has 0 spiro atoms. The Labute approximate surface area is 348 Å². The largest absolute Gasteiger partial charge is 0.462 e. The summed E-state index contributed by atoms with van der Waals surface area (Å²) < 4.78 is 43.2. The van der Waals surface area contributed by atoms with Crippen LogP contribution in [0.1, 0.15) is 84.9 Å². The van der Waals surface area contributed by atoms with Crippen LogP contribution in [-0.2, 0) is 19.1 Å². The number of aromatic nitrogens is 5. The molecule has 320 valence electrons. The van der Waals surface area contributed by atoms with Crippen LogP contribution in [0.15, 0.2) is 53.5 Å². The number of piperidine rings is 1. The molecule has 8 heterocycles. The fourth-order valence-electron chi connectivity index (χ4n) is 9.82. The van der Waals surface area contributed by atoms with E-state index in [2.05, 4.69) is 40.8 Å².